The summed E-state index contributed by atoms with van der Waals surface area (Å²) in [4.78, 5) is 12.2. The maximum Gasteiger partial charge on any atom is 0.236 e. The van der Waals surface area contributed by atoms with Crippen LogP contribution >= 0.6 is 30.3 Å². The summed E-state index contributed by atoms with van der Waals surface area (Å²) in [7, 11) is 1.36. The van der Waals surface area contributed by atoms with Crippen LogP contribution in [0.4, 0.5) is 0 Å². The number of carbonyl (C=O) groups is 1. The number of halogens is 1. The molecule has 1 amide bonds. The van der Waals surface area contributed by atoms with Crippen molar-refractivity contribution >= 4 is 36.2 Å². The van der Waals surface area contributed by atoms with Crippen molar-refractivity contribution in [3.63, 3.8) is 0 Å². The lowest BCUT2D eigenvalue weighted by Gasteiger charge is -2.35. The molecule has 1 fully saturated rings. The Labute approximate surface area is 120 Å². The molecule has 1 saturated heterocycles. The highest BCUT2D eigenvalue weighted by molar-refractivity contribution is 14.2. The summed E-state index contributed by atoms with van der Waals surface area (Å²) in [5, 5.41) is 0. The lowest BCUT2D eigenvalue weighted by molar-refractivity contribution is -0.135. The standard InChI is InChI=1S/C12H20INO2S/c1-2-3-4-5-6-12(11(15)14-17-13)7-9-16-10-8-12/h2H,1,3-10H2,(H,14,15). The number of hydrogen-bond donors (Lipinski definition) is 1. The highest BCUT2D eigenvalue weighted by Crippen LogP contribution is 2.37. The Kier molecular flexibility index (Phi) is 7.54. The SMILES string of the molecule is C=CCCCCC1(C(=O)NSI)CCOCC1. The van der Waals surface area contributed by atoms with Gasteiger partial charge in [0.25, 0.3) is 0 Å². The summed E-state index contributed by atoms with van der Waals surface area (Å²) in [6.45, 7) is 5.14. The fourth-order valence-corrected chi connectivity index (χ4v) is 3.13. The van der Waals surface area contributed by atoms with E-state index >= 15 is 0 Å². The molecule has 0 aromatic rings. The number of rotatable bonds is 7. The van der Waals surface area contributed by atoms with Gasteiger partial charge in [-0.25, -0.2) is 0 Å². The number of amides is 1. The van der Waals surface area contributed by atoms with Crippen LogP contribution in [0.15, 0.2) is 12.7 Å². The average Bonchev–Trinajstić information content (AvgIpc) is 2.36. The van der Waals surface area contributed by atoms with E-state index < -0.39 is 0 Å². The van der Waals surface area contributed by atoms with Gasteiger partial charge in [-0.2, -0.15) is 0 Å². The third kappa shape index (κ3) is 4.79. The van der Waals surface area contributed by atoms with Gasteiger partial charge < -0.3 is 4.74 Å². The van der Waals surface area contributed by atoms with E-state index in [1.165, 1.54) is 9.12 Å². The summed E-state index contributed by atoms with van der Waals surface area (Å²) in [5.41, 5.74) is -0.197. The Morgan fingerprint density at radius 1 is 1.47 bits per heavy atom. The number of allylic oxidation sites excluding steroid dienone is 1. The maximum atomic E-state index is 12.2. The van der Waals surface area contributed by atoms with E-state index in [4.69, 9.17) is 4.74 Å². The molecule has 0 atom stereocenters. The fourth-order valence-electron chi connectivity index (χ4n) is 2.25. The molecule has 5 heteroatoms. The molecule has 98 valence electrons. The topological polar surface area (TPSA) is 38.3 Å². The van der Waals surface area contributed by atoms with Gasteiger partial charge in [0.1, 0.15) is 0 Å². The van der Waals surface area contributed by atoms with Crippen molar-refractivity contribution in [1.82, 2.24) is 4.72 Å². The highest BCUT2D eigenvalue weighted by atomic mass is 127. The Morgan fingerprint density at radius 2 is 2.18 bits per heavy atom. The Bertz CT molecular complexity index is 255. The quantitative estimate of drug-likeness (QED) is 0.322. The molecule has 17 heavy (non-hydrogen) atoms. The van der Waals surface area contributed by atoms with E-state index in [9.17, 15) is 4.79 Å². The molecule has 3 nitrogen and oxygen atoms in total. The lowest BCUT2D eigenvalue weighted by Crippen LogP contribution is -2.42. The second kappa shape index (κ2) is 8.37. The fraction of sp³-hybridized carbons (Fsp3) is 0.750. The zero-order valence-corrected chi connectivity index (χ0v) is 13.0. The van der Waals surface area contributed by atoms with Gasteiger partial charge in [0, 0.05) is 43.5 Å². The van der Waals surface area contributed by atoms with Gasteiger partial charge in [-0.3, -0.25) is 9.52 Å². The largest absolute Gasteiger partial charge is 0.381 e. The first-order valence-corrected chi connectivity index (χ1v) is 9.38. The summed E-state index contributed by atoms with van der Waals surface area (Å²) in [5.74, 6) is 0.179. The molecule has 0 aliphatic carbocycles. The minimum absolute atomic E-state index is 0.179. The van der Waals surface area contributed by atoms with E-state index in [1.54, 1.807) is 0 Å². The molecule has 1 heterocycles. The van der Waals surface area contributed by atoms with Gasteiger partial charge in [-0.05, 0) is 32.1 Å². The van der Waals surface area contributed by atoms with Crippen LogP contribution in [-0.2, 0) is 9.53 Å². The predicted octanol–water partition coefficient (Wildman–Crippen LogP) is 3.64. The molecule has 0 spiro atoms. The Hall–Kier alpha value is 0.250. The normalized spacial score (nSPS) is 18.6. The minimum atomic E-state index is -0.197. The molecule has 1 aliphatic heterocycles. The molecule has 1 aliphatic rings. The van der Waals surface area contributed by atoms with Crippen LogP contribution in [0, 0.1) is 5.41 Å². The monoisotopic (exact) mass is 369 g/mol. The molecule has 1 N–H and O–H groups in total. The number of nitrogens with one attached hydrogen (secondary N) is 1. The first kappa shape index (κ1) is 15.3. The number of hydrogen-bond acceptors (Lipinski definition) is 3. The van der Waals surface area contributed by atoms with E-state index in [-0.39, 0.29) is 11.3 Å². The van der Waals surface area contributed by atoms with Gasteiger partial charge in [-0.1, -0.05) is 12.5 Å². The molecule has 1 rings (SSSR count). The third-order valence-electron chi connectivity index (χ3n) is 3.38. The first-order chi connectivity index (χ1) is 8.25. The summed E-state index contributed by atoms with van der Waals surface area (Å²) >= 11 is 2.10. The van der Waals surface area contributed by atoms with Gasteiger partial charge in [-0.15, -0.1) is 6.58 Å². The van der Waals surface area contributed by atoms with Crippen molar-refractivity contribution in [3.8, 4) is 0 Å². The van der Waals surface area contributed by atoms with Crippen LogP contribution in [0.5, 0.6) is 0 Å². The van der Waals surface area contributed by atoms with Gasteiger partial charge >= 0.3 is 0 Å². The third-order valence-corrected chi connectivity index (χ3v) is 4.30. The van der Waals surface area contributed by atoms with Crippen molar-refractivity contribution in [3.05, 3.63) is 12.7 Å². The van der Waals surface area contributed by atoms with Crippen molar-refractivity contribution in [2.75, 3.05) is 13.2 Å². The number of unbranched alkanes of at least 4 members (excludes halogenated alkanes) is 2. The van der Waals surface area contributed by atoms with Gasteiger partial charge in [0.15, 0.2) is 0 Å². The average molecular weight is 369 g/mol. The molecular weight excluding hydrogens is 349 g/mol. The van der Waals surface area contributed by atoms with Crippen LogP contribution in [-0.4, -0.2) is 19.1 Å². The van der Waals surface area contributed by atoms with Crippen LogP contribution in [0.3, 0.4) is 0 Å². The van der Waals surface area contributed by atoms with E-state index in [1.807, 2.05) is 6.08 Å². The second-order valence-electron chi connectivity index (χ2n) is 4.44. The van der Waals surface area contributed by atoms with Crippen LogP contribution in [0.2, 0.25) is 0 Å². The second-order valence-corrected chi connectivity index (χ2v) is 6.12. The molecule has 0 bridgehead atoms. The molecular formula is C12H20INO2S. The Morgan fingerprint density at radius 3 is 2.76 bits per heavy atom. The van der Waals surface area contributed by atoms with Crippen LogP contribution < -0.4 is 4.72 Å². The highest BCUT2D eigenvalue weighted by Gasteiger charge is 2.39. The maximum absolute atomic E-state index is 12.2. The molecule has 0 radical (unpaired) electrons. The summed E-state index contributed by atoms with van der Waals surface area (Å²) < 4.78 is 8.26. The number of ether oxygens (including phenoxy) is 1. The van der Waals surface area contributed by atoms with Gasteiger partial charge in [0.2, 0.25) is 5.91 Å². The smallest absolute Gasteiger partial charge is 0.236 e. The zero-order valence-electron chi connectivity index (χ0n) is 10.0. The van der Waals surface area contributed by atoms with Crippen LogP contribution in [0.25, 0.3) is 0 Å². The van der Waals surface area contributed by atoms with Gasteiger partial charge in [0.05, 0.1) is 5.41 Å². The van der Waals surface area contributed by atoms with Crippen LogP contribution in [0.1, 0.15) is 38.5 Å². The molecule has 0 aromatic heterocycles. The number of carbonyl (C=O) groups excluding carboxylic acids is 1. The zero-order chi connectivity index (χ0) is 12.6. The molecule has 0 unspecified atom stereocenters. The molecule has 0 aromatic carbocycles. The first-order valence-electron chi connectivity index (χ1n) is 6.02. The summed E-state index contributed by atoms with van der Waals surface area (Å²) in [6, 6.07) is 0. The predicted molar refractivity (Wildman–Crippen MR) is 80.9 cm³/mol. The van der Waals surface area contributed by atoms with Crippen molar-refractivity contribution in [1.29, 1.82) is 0 Å². The Balaban J connectivity index is 2.51. The van der Waals surface area contributed by atoms with E-state index in [2.05, 4.69) is 32.5 Å². The van der Waals surface area contributed by atoms with Crippen molar-refractivity contribution < 1.29 is 9.53 Å². The molecule has 0 saturated carbocycles. The minimum Gasteiger partial charge on any atom is -0.381 e. The van der Waals surface area contributed by atoms with E-state index in [0.29, 0.717) is 13.2 Å². The summed E-state index contributed by atoms with van der Waals surface area (Å²) in [6.07, 6.45) is 7.86. The van der Waals surface area contributed by atoms with E-state index in [0.717, 1.165) is 38.5 Å². The lowest BCUT2D eigenvalue weighted by atomic mass is 9.75. The van der Waals surface area contributed by atoms with Crippen molar-refractivity contribution in [2.45, 2.75) is 38.5 Å². The van der Waals surface area contributed by atoms with Crippen molar-refractivity contribution in [2.24, 2.45) is 5.41 Å².